The first kappa shape index (κ1) is 23.9. The van der Waals surface area contributed by atoms with Crippen LogP contribution in [-0.4, -0.2) is 53.2 Å². The minimum Gasteiger partial charge on any atom is -0.481 e. The smallest absolute Gasteiger partial charge is 0.339 e. The third-order valence-electron chi connectivity index (χ3n) is 8.07. The third kappa shape index (κ3) is 4.81. The highest BCUT2D eigenvalue weighted by Crippen LogP contribution is 2.39. The van der Waals surface area contributed by atoms with Crippen LogP contribution in [0.25, 0.3) is 11.0 Å². The lowest BCUT2D eigenvalue weighted by Crippen LogP contribution is -2.56. The maximum atomic E-state index is 12.7. The quantitative estimate of drug-likeness (QED) is 0.635. The molecule has 0 radical (unpaired) electrons. The number of nitrogens with zero attached hydrogens (tertiary/aromatic N) is 1. The van der Waals surface area contributed by atoms with Crippen LogP contribution >= 0.6 is 0 Å². The molecule has 2 fully saturated rings. The molecule has 2 N–H and O–H groups in total. The highest BCUT2D eigenvalue weighted by atomic mass is 16.5. The Labute approximate surface area is 204 Å². The fraction of sp³-hybridized carbons (Fsp3) is 0.593. The lowest BCUT2D eigenvalue weighted by Gasteiger charge is -2.47. The number of benzene rings is 1. The van der Waals surface area contributed by atoms with Crippen molar-refractivity contribution in [1.29, 1.82) is 0 Å². The zero-order chi connectivity index (χ0) is 24.6. The number of amides is 2. The summed E-state index contributed by atoms with van der Waals surface area (Å²) in [6, 6.07) is 5.32. The first-order chi connectivity index (χ1) is 16.8. The first-order valence-electron chi connectivity index (χ1n) is 12.9. The second-order valence-electron chi connectivity index (χ2n) is 10.3. The van der Waals surface area contributed by atoms with Crippen LogP contribution in [0.15, 0.2) is 27.4 Å². The largest absolute Gasteiger partial charge is 0.481 e. The van der Waals surface area contributed by atoms with Gasteiger partial charge in [0.05, 0.1) is 12.1 Å². The predicted octanol–water partition coefficient (Wildman–Crippen LogP) is 2.71. The second kappa shape index (κ2) is 9.64. The molecule has 8 heteroatoms. The summed E-state index contributed by atoms with van der Waals surface area (Å²) < 4.78 is 11.3. The molecule has 1 aromatic heterocycles. The van der Waals surface area contributed by atoms with Gasteiger partial charge < -0.3 is 24.5 Å². The van der Waals surface area contributed by atoms with Gasteiger partial charge in [0.2, 0.25) is 5.91 Å². The van der Waals surface area contributed by atoms with Crippen molar-refractivity contribution < 1.29 is 23.8 Å². The van der Waals surface area contributed by atoms with Gasteiger partial charge in [-0.25, -0.2) is 4.79 Å². The number of piperidine rings is 1. The molecule has 2 amide bonds. The van der Waals surface area contributed by atoms with Crippen LogP contribution in [0.2, 0.25) is 0 Å². The number of carbonyl (C=O) groups excluding carboxylic acids is 2. The van der Waals surface area contributed by atoms with Crippen LogP contribution in [0, 0.1) is 5.92 Å². The van der Waals surface area contributed by atoms with E-state index in [9.17, 15) is 19.5 Å². The van der Waals surface area contributed by atoms with Gasteiger partial charge in [-0.3, -0.25) is 9.59 Å². The van der Waals surface area contributed by atoms with E-state index < -0.39 is 17.6 Å². The maximum absolute atomic E-state index is 12.7. The van der Waals surface area contributed by atoms with Gasteiger partial charge >= 0.3 is 5.63 Å². The Morgan fingerprint density at radius 2 is 2.00 bits per heavy atom. The molecule has 0 unspecified atom stereocenters. The highest BCUT2D eigenvalue weighted by molar-refractivity contribution is 5.87. The van der Waals surface area contributed by atoms with E-state index in [1.807, 2.05) is 6.07 Å². The van der Waals surface area contributed by atoms with E-state index in [0.29, 0.717) is 30.8 Å². The van der Waals surface area contributed by atoms with Gasteiger partial charge in [-0.2, -0.15) is 0 Å². The van der Waals surface area contributed by atoms with Crippen molar-refractivity contribution in [2.45, 2.75) is 76.4 Å². The Kier molecular flexibility index (Phi) is 6.57. The van der Waals surface area contributed by atoms with Crippen molar-refractivity contribution in [3.63, 3.8) is 0 Å². The molecule has 8 nitrogen and oxygen atoms in total. The van der Waals surface area contributed by atoms with Crippen molar-refractivity contribution >= 4 is 22.8 Å². The van der Waals surface area contributed by atoms with Crippen molar-refractivity contribution in [3.8, 4) is 5.75 Å². The summed E-state index contributed by atoms with van der Waals surface area (Å²) in [5, 5.41) is 14.4. The molecule has 1 aromatic carbocycles. The molecule has 0 spiro atoms. The lowest BCUT2D eigenvalue weighted by molar-refractivity contribution is -0.144. The molecule has 2 aliphatic carbocycles. The standard InChI is InChI=1S/C27H34N2O6/c1-17(25(31)28-15-24(30)29-13-12-27(33)11-5-4-6-18(27)16-29)34-19-9-10-21-20-7-2-3-8-22(20)26(32)35-23(21)14-19/h9-10,14,17-18,33H,2-8,11-13,15-16H2,1H3,(H,28,31)/t17-,18-,27+/m1/s1. The Morgan fingerprint density at radius 1 is 1.20 bits per heavy atom. The van der Waals surface area contributed by atoms with Crippen LogP contribution in [0.3, 0.4) is 0 Å². The van der Waals surface area contributed by atoms with E-state index in [2.05, 4.69) is 5.32 Å². The average Bonchev–Trinajstić information content (AvgIpc) is 2.86. The molecule has 2 aromatic rings. The number of likely N-dealkylation sites (tertiary alicyclic amines) is 1. The molecule has 1 saturated carbocycles. The van der Waals surface area contributed by atoms with Crippen LogP contribution in [0.1, 0.15) is 63.0 Å². The summed E-state index contributed by atoms with van der Waals surface area (Å²) in [5.41, 5.74) is 1.36. The van der Waals surface area contributed by atoms with Crippen LogP contribution in [0.5, 0.6) is 5.75 Å². The van der Waals surface area contributed by atoms with Gasteiger partial charge in [0.15, 0.2) is 6.10 Å². The van der Waals surface area contributed by atoms with E-state index in [0.717, 1.165) is 67.9 Å². The van der Waals surface area contributed by atoms with E-state index in [1.54, 1.807) is 24.0 Å². The molecule has 2 heterocycles. The summed E-state index contributed by atoms with van der Waals surface area (Å²) in [4.78, 5) is 39.4. The molecule has 1 aliphatic heterocycles. The lowest BCUT2D eigenvalue weighted by atomic mass is 9.71. The van der Waals surface area contributed by atoms with E-state index in [1.165, 1.54) is 0 Å². The minimum absolute atomic E-state index is 0.101. The Balaban J connectivity index is 1.17. The van der Waals surface area contributed by atoms with Gasteiger partial charge in [-0.15, -0.1) is 0 Å². The van der Waals surface area contributed by atoms with Crippen molar-refractivity contribution in [1.82, 2.24) is 10.2 Å². The van der Waals surface area contributed by atoms with Crippen molar-refractivity contribution in [3.05, 3.63) is 39.7 Å². The number of hydrogen-bond donors (Lipinski definition) is 2. The topological polar surface area (TPSA) is 109 Å². The number of aryl methyl sites for hydroxylation is 1. The maximum Gasteiger partial charge on any atom is 0.339 e. The monoisotopic (exact) mass is 482 g/mol. The Hall–Kier alpha value is -2.87. The Morgan fingerprint density at radius 3 is 2.83 bits per heavy atom. The molecule has 1 saturated heterocycles. The summed E-state index contributed by atoms with van der Waals surface area (Å²) in [6.07, 6.45) is 7.31. The summed E-state index contributed by atoms with van der Waals surface area (Å²) in [6.45, 7) is 2.58. The Bertz CT molecular complexity index is 1190. The number of rotatable bonds is 5. The van der Waals surface area contributed by atoms with Crippen LogP contribution in [0.4, 0.5) is 0 Å². The summed E-state index contributed by atoms with van der Waals surface area (Å²) >= 11 is 0. The molecule has 3 aliphatic rings. The SMILES string of the molecule is C[C@@H](Oc1ccc2c3c(c(=O)oc2c1)CCCC3)C(=O)NCC(=O)N1CC[C@@]2(O)CCCC[C@@H]2C1. The van der Waals surface area contributed by atoms with Crippen LogP contribution < -0.4 is 15.7 Å². The normalized spacial score (nSPS) is 24.9. The van der Waals surface area contributed by atoms with Gasteiger partial charge in [0, 0.05) is 36.0 Å². The summed E-state index contributed by atoms with van der Waals surface area (Å²) in [7, 11) is 0. The van der Waals surface area contributed by atoms with Gasteiger partial charge in [-0.1, -0.05) is 12.8 Å². The number of ether oxygens (including phenoxy) is 1. The number of carbonyl (C=O) groups is 2. The second-order valence-corrected chi connectivity index (χ2v) is 10.3. The molecule has 3 atom stereocenters. The number of nitrogens with one attached hydrogen (secondary N) is 1. The number of hydrogen-bond acceptors (Lipinski definition) is 6. The van der Waals surface area contributed by atoms with E-state index >= 15 is 0 Å². The molecule has 35 heavy (non-hydrogen) atoms. The number of fused-ring (bicyclic) bond motifs is 4. The fourth-order valence-electron chi connectivity index (χ4n) is 5.97. The molecular weight excluding hydrogens is 448 g/mol. The third-order valence-corrected chi connectivity index (χ3v) is 8.07. The zero-order valence-electron chi connectivity index (χ0n) is 20.3. The average molecular weight is 483 g/mol. The minimum atomic E-state index is -0.825. The molecule has 188 valence electrons. The first-order valence-corrected chi connectivity index (χ1v) is 12.9. The molecule has 0 bridgehead atoms. The molecule has 5 rings (SSSR count). The predicted molar refractivity (Wildman–Crippen MR) is 130 cm³/mol. The zero-order valence-corrected chi connectivity index (χ0v) is 20.3. The van der Waals surface area contributed by atoms with Crippen molar-refractivity contribution in [2.24, 2.45) is 5.92 Å². The van der Waals surface area contributed by atoms with Crippen LogP contribution in [-0.2, 0) is 22.4 Å². The van der Waals surface area contributed by atoms with Gasteiger partial charge in [0.25, 0.3) is 5.91 Å². The fourth-order valence-corrected chi connectivity index (χ4v) is 5.97. The van der Waals surface area contributed by atoms with Gasteiger partial charge in [0.1, 0.15) is 11.3 Å². The number of aliphatic hydroxyl groups is 1. The van der Waals surface area contributed by atoms with E-state index in [-0.39, 0.29) is 24.0 Å². The summed E-state index contributed by atoms with van der Waals surface area (Å²) in [5.74, 6) is 0.00965. The highest BCUT2D eigenvalue weighted by Gasteiger charge is 2.43. The van der Waals surface area contributed by atoms with Crippen molar-refractivity contribution in [2.75, 3.05) is 19.6 Å². The molecular formula is C27H34N2O6. The van der Waals surface area contributed by atoms with E-state index in [4.69, 9.17) is 9.15 Å². The van der Waals surface area contributed by atoms with Gasteiger partial charge in [-0.05, 0) is 69.6 Å².